The van der Waals surface area contributed by atoms with E-state index in [0.29, 0.717) is 10.1 Å². The minimum absolute atomic E-state index is 0.00409. The highest BCUT2D eigenvalue weighted by Crippen LogP contribution is 2.23. The van der Waals surface area contributed by atoms with Crippen LogP contribution in [0.4, 0.5) is 0 Å². The highest BCUT2D eigenvalue weighted by atomic mass is 127. The van der Waals surface area contributed by atoms with Crippen molar-refractivity contribution in [1.82, 2.24) is 4.31 Å². The number of aromatic carboxylic acids is 1. The number of hydrogen-bond acceptors (Lipinski definition) is 4. The van der Waals surface area contributed by atoms with Gasteiger partial charge in [0.25, 0.3) is 0 Å². The molecule has 0 bridgehead atoms. The minimum Gasteiger partial charge on any atom is -0.478 e. The maximum absolute atomic E-state index is 12.5. The van der Waals surface area contributed by atoms with E-state index in [9.17, 15) is 13.2 Å². The van der Waals surface area contributed by atoms with Crippen LogP contribution in [0.15, 0.2) is 23.1 Å². The second-order valence-electron chi connectivity index (χ2n) is 4.71. The molecule has 0 spiro atoms. The van der Waals surface area contributed by atoms with Crippen LogP contribution in [-0.4, -0.2) is 42.9 Å². The average Bonchev–Trinajstić information content (AvgIpc) is 2.38. The van der Waals surface area contributed by atoms with Crippen LogP contribution in [0.3, 0.4) is 0 Å². The predicted octanol–water partition coefficient (Wildman–Crippen LogP) is 1.10. The number of piperidine rings is 1. The molecule has 8 heteroatoms. The fourth-order valence-electron chi connectivity index (χ4n) is 2.17. The normalized spacial score (nSPS) is 20.8. The summed E-state index contributed by atoms with van der Waals surface area (Å²) in [4.78, 5) is 11.1. The molecular formula is C12H15IN2O4S. The van der Waals surface area contributed by atoms with Crippen LogP contribution >= 0.6 is 22.6 Å². The number of nitrogens with zero attached hydrogens (tertiary/aromatic N) is 1. The zero-order valence-corrected chi connectivity index (χ0v) is 13.6. The summed E-state index contributed by atoms with van der Waals surface area (Å²) in [5.41, 5.74) is 5.79. The van der Waals surface area contributed by atoms with E-state index in [2.05, 4.69) is 0 Å². The quantitative estimate of drug-likeness (QED) is 0.727. The van der Waals surface area contributed by atoms with Gasteiger partial charge in [0.05, 0.1) is 10.5 Å². The second-order valence-corrected chi connectivity index (χ2v) is 7.81. The summed E-state index contributed by atoms with van der Waals surface area (Å²) in [5, 5.41) is 9.07. The van der Waals surface area contributed by atoms with Crippen LogP contribution in [0.1, 0.15) is 23.2 Å². The number of rotatable bonds is 3. The largest absolute Gasteiger partial charge is 0.478 e. The molecular weight excluding hydrogens is 395 g/mol. The van der Waals surface area contributed by atoms with Crippen LogP contribution in [0.2, 0.25) is 0 Å². The molecule has 0 aromatic heterocycles. The van der Waals surface area contributed by atoms with Gasteiger partial charge in [-0.2, -0.15) is 4.31 Å². The van der Waals surface area contributed by atoms with Gasteiger partial charge < -0.3 is 10.8 Å². The van der Waals surface area contributed by atoms with Crippen molar-refractivity contribution in [2.75, 3.05) is 13.1 Å². The van der Waals surface area contributed by atoms with Crippen LogP contribution in [0, 0.1) is 3.57 Å². The summed E-state index contributed by atoms with van der Waals surface area (Å²) in [6, 6.07) is 3.98. The number of nitrogens with two attached hydrogens (primary N) is 1. The van der Waals surface area contributed by atoms with Crippen molar-refractivity contribution in [2.45, 2.75) is 23.8 Å². The molecule has 20 heavy (non-hydrogen) atoms. The smallest absolute Gasteiger partial charge is 0.336 e. The van der Waals surface area contributed by atoms with E-state index in [-0.39, 0.29) is 23.0 Å². The average molecular weight is 410 g/mol. The molecule has 1 saturated heterocycles. The summed E-state index contributed by atoms with van der Waals surface area (Å²) in [6.45, 7) is 0.696. The lowest BCUT2D eigenvalue weighted by atomic mass is 10.1. The lowest BCUT2D eigenvalue weighted by Gasteiger charge is -2.29. The first-order valence-corrected chi connectivity index (χ1v) is 8.63. The number of carboxylic acids is 1. The standard InChI is InChI=1S/C12H15IN2O4S/c13-11-4-3-9(6-10(11)12(16)17)20(18,19)15-5-1-2-8(14)7-15/h3-4,6,8H,1-2,5,7,14H2,(H,16,17). The maximum Gasteiger partial charge on any atom is 0.336 e. The van der Waals surface area contributed by atoms with E-state index in [4.69, 9.17) is 10.8 Å². The Hall–Kier alpha value is -0.710. The number of halogens is 1. The summed E-state index contributed by atoms with van der Waals surface area (Å²) in [6.07, 6.45) is 1.52. The fourth-order valence-corrected chi connectivity index (χ4v) is 4.30. The number of carboxylic acid groups (broad SMARTS) is 1. The molecule has 0 aliphatic carbocycles. The molecule has 1 fully saturated rings. The molecule has 1 aromatic rings. The van der Waals surface area contributed by atoms with E-state index in [1.807, 2.05) is 22.6 Å². The number of benzene rings is 1. The summed E-state index contributed by atoms with van der Waals surface area (Å²) in [5.74, 6) is -1.14. The summed E-state index contributed by atoms with van der Waals surface area (Å²) in [7, 11) is -3.68. The molecule has 1 atom stereocenters. The highest BCUT2D eigenvalue weighted by molar-refractivity contribution is 14.1. The van der Waals surface area contributed by atoms with E-state index in [0.717, 1.165) is 12.8 Å². The van der Waals surface area contributed by atoms with Gasteiger partial charge >= 0.3 is 5.97 Å². The Bertz CT molecular complexity index is 632. The van der Waals surface area contributed by atoms with Crippen LogP contribution in [0.5, 0.6) is 0 Å². The topological polar surface area (TPSA) is 101 Å². The van der Waals surface area contributed by atoms with Gasteiger partial charge in [-0.1, -0.05) is 0 Å². The Morgan fingerprint density at radius 3 is 2.75 bits per heavy atom. The number of sulfonamides is 1. The first kappa shape index (κ1) is 15.7. The molecule has 1 heterocycles. The van der Waals surface area contributed by atoms with Gasteiger partial charge in [-0.3, -0.25) is 0 Å². The third-order valence-corrected chi connectivity index (χ3v) is 6.03. The lowest BCUT2D eigenvalue weighted by molar-refractivity contribution is 0.0695. The van der Waals surface area contributed by atoms with Gasteiger partial charge in [-0.25, -0.2) is 13.2 Å². The predicted molar refractivity (Wildman–Crippen MR) is 82.1 cm³/mol. The zero-order chi connectivity index (χ0) is 14.9. The van der Waals surface area contributed by atoms with Crippen molar-refractivity contribution in [3.8, 4) is 0 Å². The highest BCUT2D eigenvalue weighted by Gasteiger charge is 2.29. The van der Waals surface area contributed by atoms with Gasteiger partial charge in [0, 0.05) is 22.7 Å². The van der Waals surface area contributed by atoms with E-state index >= 15 is 0 Å². The van der Waals surface area contributed by atoms with Crippen molar-refractivity contribution < 1.29 is 18.3 Å². The van der Waals surface area contributed by atoms with Gasteiger partial charge in [0.2, 0.25) is 10.0 Å². The van der Waals surface area contributed by atoms with Gasteiger partial charge in [0.15, 0.2) is 0 Å². The number of carbonyl (C=O) groups is 1. The van der Waals surface area contributed by atoms with Crippen molar-refractivity contribution in [1.29, 1.82) is 0 Å². The summed E-state index contributed by atoms with van der Waals surface area (Å²) < 4.78 is 26.8. The van der Waals surface area contributed by atoms with Gasteiger partial charge in [0.1, 0.15) is 0 Å². The van der Waals surface area contributed by atoms with Gasteiger partial charge in [-0.15, -0.1) is 0 Å². The van der Waals surface area contributed by atoms with Crippen molar-refractivity contribution in [2.24, 2.45) is 5.73 Å². The minimum atomic E-state index is -3.68. The molecule has 110 valence electrons. The third kappa shape index (κ3) is 3.13. The van der Waals surface area contributed by atoms with Crippen molar-refractivity contribution in [3.05, 3.63) is 27.3 Å². The monoisotopic (exact) mass is 410 g/mol. The Kier molecular flexibility index (Phi) is 4.67. The number of hydrogen-bond donors (Lipinski definition) is 2. The summed E-state index contributed by atoms with van der Waals surface area (Å²) >= 11 is 1.87. The molecule has 1 unspecified atom stereocenters. The third-order valence-electron chi connectivity index (χ3n) is 3.23. The fraction of sp³-hybridized carbons (Fsp3) is 0.417. The maximum atomic E-state index is 12.5. The Balaban J connectivity index is 2.39. The molecule has 0 radical (unpaired) electrons. The van der Waals surface area contributed by atoms with E-state index in [1.165, 1.54) is 22.5 Å². The Labute approximate surface area is 131 Å². The Morgan fingerprint density at radius 2 is 2.15 bits per heavy atom. The zero-order valence-electron chi connectivity index (χ0n) is 10.6. The van der Waals surface area contributed by atoms with Crippen LogP contribution in [-0.2, 0) is 10.0 Å². The second kappa shape index (κ2) is 5.96. The van der Waals surface area contributed by atoms with Crippen molar-refractivity contribution >= 4 is 38.6 Å². The Morgan fingerprint density at radius 1 is 1.45 bits per heavy atom. The van der Waals surface area contributed by atoms with Crippen LogP contribution in [0.25, 0.3) is 0 Å². The molecule has 0 amide bonds. The molecule has 1 aliphatic rings. The molecule has 2 rings (SSSR count). The molecule has 3 N–H and O–H groups in total. The molecule has 1 aliphatic heterocycles. The first-order valence-electron chi connectivity index (χ1n) is 6.11. The SMILES string of the molecule is NC1CCCN(S(=O)(=O)c2ccc(I)c(C(=O)O)c2)C1. The lowest BCUT2D eigenvalue weighted by Crippen LogP contribution is -2.45. The first-order chi connectivity index (χ1) is 9.32. The molecule has 6 nitrogen and oxygen atoms in total. The molecule has 1 aromatic carbocycles. The van der Waals surface area contributed by atoms with E-state index in [1.54, 1.807) is 0 Å². The molecule has 0 saturated carbocycles. The van der Waals surface area contributed by atoms with Crippen LogP contribution < -0.4 is 5.73 Å². The van der Waals surface area contributed by atoms with E-state index < -0.39 is 16.0 Å². The van der Waals surface area contributed by atoms with Gasteiger partial charge in [-0.05, 0) is 53.6 Å². The van der Waals surface area contributed by atoms with Crippen molar-refractivity contribution in [3.63, 3.8) is 0 Å².